The van der Waals surface area contributed by atoms with Crippen molar-refractivity contribution in [3.8, 4) is 0 Å². The molecule has 0 bridgehead atoms. The lowest BCUT2D eigenvalue weighted by molar-refractivity contribution is 0.00974. The van der Waals surface area contributed by atoms with Crippen molar-refractivity contribution >= 4 is 0 Å². The van der Waals surface area contributed by atoms with E-state index < -0.39 is 11.7 Å². The van der Waals surface area contributed by atoms with E-state index in [1.807, 2.05) is 30.3 Å². The largest absolute Gasteiger partial charge is 0.391 e. The third kappa shape index (κ3) is 3.93. The summed E-state index contributed by atoms with van der Waals surface area (Å²) >= 11 is 0. The summed E-state index contributed by atoms with van der Waals surface area (Å²) in [6.45, 7) is 2.08. The number of rotatable bonds is 6. The first kappa shape index (κ1) is 13.2. The Hall–Kier alpha value is -0.900. The minimum atomic E-state index is -0.893. The Morgan fingerprint density at radius 3 is 2.50 bits per heavy atom. The van der Waals surface area contributed by atoms with Gasteiger partial charge in [0.25, 0.3) is 0 Å². The fraction of sp³-hybridized carbons (Fsp3) is 0.538. The molecule has 2 unspecified atom stereocenters. The van der Waals surface area contributed by atoms with E-state index in [0.717, 1.165) is 5.56 Å². The summed E-state index contributed by atoms with van der Waals surface area (Å²) in [6, 6.07) is 9.50. The molecule has 0 fully saturated rings. The van der Waals surface area contributed by atoms with E-state index in [-0.39, 0.29) is 0 Å². The van der Waals surface area contributed by atoms with Crippen LogP contribution in [0.15, 0.2) is 30.3 Å². The SMILES string of the molecule is COCC(O)CCC(C)(O)c1ccccc1. The molecule has 0 amide bonds. The van der Waals surface area contributed by atoms with E-state index in [9.17, 15) is 10.2 Å². The standard InChI is InChI=1S/C13H20O3/c1-13(15,9-8-12(14)10-16-2)11-6-4-3-5-7-11/h3-7,12,14-15H,8-10H2,1-2H3. The molecule has 1 aromatic rings. The quantitative estimate of drug-likeness (QED) is 0.773. The Bertz CT molecular complexity index is 295. The fourth-order valence-electron chi connectivity index (χ4n) is 1.66. The van der Waals surface area contributed by atoms with Crippen molar-refractivity contribution in [1.82, 2.24) is 0 Å². The van der Waals surface area contributed by atoms with Crippen LogP contribution in [0, 0.1) is 0 Å². The zero-order valence-electron chi connectivity index (χ0n) is 9.89. The van der Waals surface area contributed by atoms with Crippen LogP contribution in [0.3, 0.4) is 0 Å². The molecule has 1 rings (SSSR count). The highest BCUT2D eigenvalue weighted by Crippen LogP contribution is 2.26. The molecular weight excluding hydrogens is 204 g/mol. The summed E-state index contributed by atoms with van der Waals surface area (Å²) in [5.41, 5.74) is -0.0182. The molecule has 3 heteroatoms. The predicted octanol–water partition coefficient (Wildman–Crippen LogP) is 1.68. The molecule has 2 N–H and O–H groups in total. The molecular formula is C13H20O3. The van der Waals surface area contributed by atoms with Gasteiger partial charge in [-0.05, 0) is 25.3 Å². The van der Waals surface area contributed by atoms with Gasteiger partial charge in [0, 0.05) is 7.11 Å². The van der Waals surface area contributed by atoms with Crippen LogP contribution < -0.4 is 0 Å². The van der Waals surface area contributed by atoms with Crippen molar-refractivity contribution in [3.63, 3.8) is 0 Å². The molecule has 0 radical (unpaired) electrons. The van der Waals surface area contributed by atoms with Crippen LogP contribution in [0.4, 0.5) is 0 Å². The van der Waals surface area contributed by atoms with Crippen LogP contribution in [-0.4, -0.2) is 30.0 Å². The first-order chi connectivity index (χ1) is 7.56. The molecule has 0 saturated carbocycles. The predicted molar refractivity (Wildman–Crippen MR) is 63.1 cm³/mol. The highest BCUT2D eigenvalue weighted by Gasteiger charge is 2.23. The Morgan fingerprint density at radius 2 is 1.94 bits per heavy atom. The minimum Gasteiger partial charge on any atom is -0.391 e. The highest BCUT2D eigenvalue weighted by molar-refractivity contribution is 5.21. The summed E-state index contributed by atoms with van der Waals surface area (Å²) < 4.78 is 4.84. The van der Waals surface area contributed by atoms with Crippen LogP contribution in [0.2, 0.25) is 0 Å². The first-order valence-corrected chi connectivity index (χ1v) is 5.51. The summed E-state index contributed by atoms with van der Waals surface area (Å²) in [5.74, 6) is 0. The Balaban J connectivity index is 2.52. The number of aliphatic hydroxyl groups excluding tert-OH is 1. The molecule has 0 aliphatic rings. The molecule has 90 valence electrons. The molecule has 0 spiro atoms. The van der Waals surface area contributed by atoms with Gasteiger partial charge in [0.15, 0.2) is 0 Å². The molecule has 0 aliphatic heterocycles. The highest BCUT2D eigenvalue weighted by atomic mass is 16.5. The van der Waals surface area contributed by atoms with Gasteiger partial charge in [0.05, 0.1) is 18.3 Å². The van der Waals surface area contributed by atoms with Gasteiger partial charge in [-0.3, -0.25) is 0 Å². The molecule has 2 atom stereocenters. The molecule has 0 aliphatic carbocycles. The first-order valence-electron chi connectivity index (χ1n) is 5.51. The maximum Gasteiger partial charge on any atom is 0.0869 e. The topological polar surface area (TPSA) is 49.7 Å². The lowest BCUT2D eigenvalue weighted by atomic mass is 9.90. The van der Waals surface area contributed by atoms with Crippen molar-refractivity contribution < 1.29 is 14.9 Å². The average molecular weight is 224 g/mol. The Kier molecular flexibility index (Phi) is 4.93. The van der Waals surface area contributed by atoms with Crippen LogP contribution in [0.1, 0.15) is 25.3 Å². The number of ether oxygens (including phenoxy) is 1. The lowest BCUT2D eigenvalue weighted by Crippen LogP contribution is -2.24. The summed E-state index contributed by atoms with van der Waals surface area (Å²) in [5, 5.41) is 19.8. The van der Waals surface area contributed by atoms with Gasteiger partial charge in [0.2, 0.25) is 0 Å². The minimum absolute atomic E-state index is 0.310. The van der Waals surface area contributed by atoms with E-state index in [0.29, 0.717) is 19.4 Å². The van der Waals surface area contributed by atoms with Gasteiger partial charge in [-0.1, -0.05) is 30.3 Å². The van der Waals surface area contributed by atoms with Crippen LogP contribution in [0.5, 0.6) is 0 Å². The van der Waals surface area contributed by atoms with E-state index >= 15 is 0 Å². The second kappa shape index (κ2) is 5.99. The zero-order valence-corrected chi connectivity index (χ0v) is 9.89. The van der Waals surface area contributed by atoms with Crippen molar-refractivity contribution in [2.24, 2.45) is 0 Å². The van der Waals surface area contributed by atoms with Gasteiger partial charge in [-0.2, -0.15) is 0 Å². The Morgan fingerprint density at radius 1 is 1.31 bits per heavy atom. The summed E-state index contributed by atoms with van der Waals surface area (Å²) in [4.78, 5) is 0. The monoisotopic (exact) mass is 224 g/mol. The van der Waals surface area contributed by atoms with E-state index in [4.69, 9.17) is 4.74 Å². The molecule has 0 aromatic heterocycles. The second-order valence-electron chi connectivity index (χ2n) is 4.29. The van der Waals surface area contributed by atoms with Crippen LogP contribution in [0.25, 0.3) is 0 Å². The van der Waals surface area contributed by atoms with Crippen molar-refractivity contribution in [2.45, 2.75) is 31.5 Å². The molecule has 16 heavy (non-hydrogen) atoms. The van der Waals surface area contributed by atoms with E-state index in [1.165, 1.54) is 0 Å². The summed E-state index contributed by atoms with van der Waals surface area (Å²) in [6.07, 6.45) is 0.525. The van der Waals surface area contributed by atoms with E-state index in [2.05, 4.69) is 0 Å². The number of benzene rings is 1. The fourth-order valence-corrected chi connectivity index (χ4v) is 1.66. The third-order valence-electron chi connectivity index (χ3n) is 2.72. The van der Waals surface area contributed by atoms with Crippen LogP contribution in [-0.2, 0) is 10.3 Å². The van der Waals surface area contributed by atoms with Crippen molar-refractivity contribution in [1.29, 1.82) is 0 Å². The maximum absolute atomic E-state index is 10.3. The smallest absolute Gasteiger partial charge is 0.0869 e. The van der Waals surface area contributed by atoms with Gasteiger partial charge < -0.3 is 14.9 Å². The van der Waals surface area contributed by atoms with Gasteiger partial charge in [0.1, 0.15) is 0 Å². The zero-order chi connectivity index (χ0) is 12.0. The summed E-state index contributed by atoms with van der Waals surface area (Å²) in [7, 11) is 1.55. The third-order valence-corrected chi connectivity index (χ3v) is 2.72. The van der Waals surface area contributed by atoms with Crippen LogP contribution >= 0.6 is 0 Å². The van der Waals surface area contributed by atoms with Gasteiger partial charge in [-0.25, -0.2) is 0 Å². The van der Waals surface area contributed by atoms with E-state index in [1.54, 1.807) is 14.0 Å². The lowest BCUT2D eigenvalue weighted by Gasteiger charge is -2.25. The Labute approximate surface area is 96.7 Å². The van der Waals surface area contributed by atoms with Gasteiger partial charge in [-0.15, -0.1) is 0 Å². The molecule has 3 nitrogen and oxygen atoms in total. The number of hydrogen-bond donors (Lipinski definition) is 2. The number of methoxy groups -OCH3 is 1. The van der Waals surface area contributed by atoms with Crippen molar-refractivity contribution in [3.05, 3.63) is 35.9 Å². The molecule has 0 heterocycles. The second-order valence-corrected chi connectivity index (χ2v) is 4.29. The number of hydrogen-bond acceptors (Lipinski definition) is 3. The number of aliphatic hydroxyl groups is 2. The average Bonchev–Trinajstić information content (AvgIpc) is 2.28. The maximum atomic E-state index is 10.3. The van der Waals surface area contributed by atoms with Gasteiger partial charge >= 0.3 is 0 Å². The normalized spacial score (nSPS) is 16.8. The van der Waals surface area contributed by atoms with Crippen molar-refractivity contribution in [2.75, 3.05) is 13.7 Å². The molecule has 0 saturated heterocycles. The molecule has 1 aromatic carbocycles.